The summed E-state index contributed by atoms with van der Waals surface area (Å²) in [6, 6.07) is 10.8. The Morgan fingerprint density at radius 1 is 1.14 bits per heavy atom. The zero-order valence-electron chi connectivity index (χ0n) is 11.3. The number of hydrogen-bond donors (Lipinski definition) is 4. The van der Waals surface area contributed by atoms with Crippen LogP contribution in [-0.2, 0) is 0 Å². The molecule has 0 saturated carbocycles. The van der Waals surface area contributed by atoms with Crippen molar-refractivity contribution in [3.63, 3.8) is 0 Å². The molecule has 0 aliphatic rings. The zero-order chi connectivity index (χ0) is 16.1. The molecule has 0 unspecified atom stereocenters. The smallest absolute Gasteiger partial charge is 0.182 e. The highest BCUT2D eigenvalue weighted by molar-refractivity contribution is 7.80. The van der Waals surface area contributed by atoms with E-state index in [2.05, 4.69) is 10.6 Å². The van der Waals surface area contributed by atoms with Gasteiger partial charge in [0.25, 0.3) is 0 Å². The molecule has 2 rings (SSSR count). The lowest BCUT2D eigenvalue weighted by atomic mass is 10.1. The number of thiocarbonyl (C=S) groups is 1. The first kappa shape index (κ1) is 16.1. The summed E-state index contributed by atoms with van der Waals surface area (Å²) in [5.74, 6) is -0.685. The summed E-state index contributed by atoms with van der Waals surface area (Å²) in [4.78, 5) is 12.0. The van der Waals surface area contributed by atoms with Crippen LogP contribution in [-0.4, -0.2) is 27.7 Å². The highest BCUT2D eigenvalue weighted by atomic mass is 35.5. The van der Waals surface area contributed by atoms with E-state index in [1.54, 1.807) is 24.3 Å². The first-order valence-electron chi connectivity index (χ1n) is 6.31. The number of halogens is 1. The first-order chi connectivity index (χ1) is 10.5. The van der Waals surface area contributed by atoms with Crippen molar-refractivity contribution in [2.75, 3.05) is 11.9 Å². The fraction of sp³-hybridized carbons (Fsp3) is 0.0667. The lowest BCUT2D eigenvalue weighted by Crippen LogP contribution is -2.33. The van der Waals surface area contributed by atoms with Gasteiger partial charge in [-0.3, -0.25) is 4.79 Å². The molecular weight excluding hydrogens is 324 g/mol. The zero-order valence-corrected chi connectivity index (χ0v) is 12.9. The third-order valence-corrected chi connectivity index (χ3v) is 3.33. The van der Waals surface area contributed by atoms with E-state index < -0.39 is 0 Å². The van der Waals surface area contributed by atoms with Crippen LogP contribution in [0.3, 0.4) is 0 Å². The third kappa shape index (κ3) is 4.34. The maximum atomic E-state index is 12.0. The molecule has 0 spiro atoms. The Balaban J connectivity index is 1.93. The van der Waals surface area contributed by atoms with Crippen molar-refractivity contribution in [3.05, 3.63) is 53.1 Å². The van der Waals surface area contributed by atoms with Gasteiger partial charge in [-0.1, -0.05) is 23.7 Å². The van der Waals surface area contributed by atoms with E-state index in [4.69, 9.17) is 23.8 Å². The normalized spacial score (nSPS) is 10.0. The highest BCUT2D eigenvalue weighted by Gasteiger charge is 2.10. The van der Waals surface area contributed by atoms with Gasteiger partial charge in [0.05, 0.1) is 17.3 Å². The second-order valence-corrected chi connectivity index (χ2v) is 5.26. The van der Waals surface area contributed by atoms with Gasteiger partial charge >= 0.3 is 0 Å². The van der Waals surface area contributed by atoms with Crippen LogP contribution in [0.15, 0.2) is 42.5 Å². The minimum Gasteiger partial charge on any atom is -0.508 e. The fourth-order valence-electron chi connectivity index (χ4n) is 1.75. The summed E-state index contributed by atoms with van der Waals surface area (Å²) in [5, 5.41) is 25.1. The molecule has 0 amide bonds. The predicted octanol–water partition coefficient (Wildman–Crippen LogP) is 2.92. The van der Waals surface area contributed by atoms with Gasteiger partial charge in [0.15, 0.2) is 10.9 Å². The number of carbonyl (C=O) groups excluding carboxylic acids is 1. The second kappa shape index (κ2) is 7.11. The molecule has 0 bridgehead atoms. The molecule has 5 nitrogen and oxygen atoms in total. The Hall–Kier alpha value is -2.31. The molecule has 2 aromatic carbocycles. The summed E-state index contributed by atoms with van der Waals surface area (Å²) in [6.45, 7) is -0.0841. The molecule has 22 heavy (non-hydrogen) atoms. The molecule has 2 aromatic rings. The number of ketones is 1. The lowest BCUT2D eigenvalue weighted by molar-refractivity contribution is 0.0996. The molecule has 7 heteroatoms. The Kier molecular flexibility index (Phi) is 5.19. The minimum atomic E-state index is -0.325. The van der Waals surface area contributed by atoms with Crippen molar-refractivity contribution >= 4 is 40.4 Å². The van der Waals surface area contributed by atoms with Gasteiger partial charge in [-0.05, 0) is 36.5 Å². The number of phenolic OH excluding ortho intramolecular Hbond substituents is 2. The number of phenols is 2. The summed E-state index contributed by atoms with van der Waals surface area (Å²) in [5.41, 5.74) is 0.814. The van der Waals surface area contributed by atoms with Crippen molar-refractivity contribution < 1.29 is 15.0 Å². The van der Waals surface area contributed by atoms with E-state index in [0.717, 1.165) is 6.07 Å². The SMILES string of the molecule is O=C(CNC(=S)Nc1ccccc1Cl)c1cc(O)cc(O)c1. The summed E-state index contributed by atoms with van der Waals surface area (Å²) < 4.78 is 0. The maximum absolute atomic E-state index is 12.0. The number of hydrogen-bond acceptors (Lipinski definition) is 4. The van der Waals surface area contributed by atoms with Crippen LogP contribution < -0.4 is 10.6 Å². The van der Waals surface area contributed by atoms with Crippen LogP contribution in [0.4, 0.5) is 5.69 Å². The van der Waals surface area contributed by atoms with Crippen LogP contribution in [0.5, 0.6) is 11.5 Å². The average molecular weight is 337 g/mol. The predicted molar refractivity (Wildman–Crippen MR) is 89.8 cm³/mol. The van der Waals surface area contributed by atoms with Gasteiger partial charge in [-0.15, -0.1) is 0 Å². The second-order valence-electron chi connectivity index (χ2n) is 4.45. The van der Waals surface area contributed by atoms with Crippen LogP contribution in [0.25, 0.3) is 0 Å². The average Bonchev–Trinajstić information content (AvgIpc) is 2.46. The molecule has 0 heterocycles. The number of rotatable bonds is 4. The summed E-state index contributed by atoms with van der Waals surface area (Å²) >= 11 is 11.1. The van der Waals surface area contributed by atoms with Gasteiger partial charge in [0, 0.05) is 11.6 Å². The van der Waals surface area contributed by atoms with Crippen molar-refractivity contribution in [3.8, 4) is 11.5 Å². The van der Waals surface area contributed by atoms with Crippen LogP contribution >= 0.6 is 23.8 Å². The molecular formula is C15H13ClN2O3S. The topological polar surface area (TPSA) is 81.6 Å². The lowest BCUT2D eigenvalue weighted by Gasteiger charge is -2.11. The molecule has 0 fully saturated rings. The molecule has 0 aliphatic carbocycles. The fourth-order valence-corrected chi connectivity index (χ4v) is 2.11. The molecule has 4 N–H and O–H groups in total. The van der Waals surface area contributed by atoms with Crippen LogP contribution in [0.1, 0.15) is 10.4 Å². The van der Waals surface area contributed by atoms with Crippen molar-refractivity contribution in [2.24, 2.45) is 0 Å². The van der Waals surface area contributed by atoms with Gasteiger partial charge < -0.3 is 20.8 Å². The first-order valence-corrected chi connectivity index (χ1v) is 7.10. The molecule has 0 atom stereocenters. The van der Waals surface area contributed by atoms with Gasteiger partial charge in [-0.2, -0.15) is 0 Å². The van der Waals surface area contributed by atoms with E-state index in [1.165, 1.54) is 12.1 Å². The van der Waals surface area contributed by atoms with Crippen molar-refractivity contribution in [1.82, 2.24) is 5.32 Å². The monoisotopic (exact) mass is 336 g/mol. The van der Waals surface area contributed by atoms with E-state index in [0.29, 0.717) is 10.7 Å². The molecule has 0 radical (unpaired) electrons. The summed E-state index contributed by atoms with van der Waals surface area (Å²) in [7, 11) is 0. The number of Topliss-reactive ketones (excluding diaryl/α,β-unsaturated/α-hetero) is 1. The van der Waals surface area contributed by atoms with E-state index >= 15 is 0 Å². The van der Waals surface area contributed by atoms with Crippen LogP contribution in [0, 0.1) is 0 Å². The minimum absolute atomic E-state index is 0.0841. The van der Waals surface area contributed by atoms with Gasteiger partial charge in [0.1, 0.15) is 11.5 Å². The molecule has 0 aromatic heterocycles. The number of para-hydroxylation sites is 1. The molecule has 114 valence electrons. The summed E-state index contributed by atoms with van der Waals surface area (Å²) in [6.07, 6.45) is 0. The quantitative estimate of drug-likeness (QED) is 0.508. The van der Waals surface area contributed by atoms with Gasteiger partial charge in [0.2, 0.25) is 0 Å². The van der Waals surface area contributed by atoms with Gasteiger partial charge in [-0.25, -0.2) is 0 Å². The van der Waals surface area contributed by atoms with E-state index in [-0.39, 0.29) is 34.5 Å². The van der Waals surface area contributed by atoms with E-state index in [9.17, 15) is 15.0 Å². The number of nitrogens with one attached hydrogen (secondary N) is 2. The molecule has 0 aliphatic heterocycles. The highest BCUT2D eigenvalue weighted by Crippen LogP contribution is 2.21. The number of carbonyl (C=O) groups is 1. The Bertz CT molecular complexity index is 701. The number of anilines is 1. The Morgan fingerprint density at radius 2 is 1.77 bits per heavy atom. The molecule has 0 saturated heterocycles. The number of aromatic hydroxyl groups is 2. The van der Waals surface area contributed by atoms with E-state index in [1.807, 2.05) is 0 Å². The van der Waals surface area contributed by atoms with Crippen LogP contribution in [0.2, 0.25) is 5.02 Å². The maximum Gasteiger partial charge on any atom is 0.182 e. The standard InChI is InChI=1S/C15H13ClN2O3S/c16-12-3-1-2-4-13(12)18-15(22)17-8-14(21)9-5-10(19)7-11(20)6-9/h1-7,19-20H,8H2,(H2,17,18,22). The third-order valence-electron chi connectivity index (χ3n) is 2.76. The Labute approximate surface area is 137 Å². The largest absolute Gasteiger partial charge is 0.508 e. The van der Waals surface area contributed by atoms with Crippen molar-refractivity contribution in [2.45, 2.75) is 0 Å². The number of benzene rings is 2. The Morgan fingerprint density at radius 3 is 2.41 bits per heavy atom. The van der Waals surface area contributed by atoms with Crippen molar-refractivity contribution in [1.29, 1.82) is 0 Å².